The van der Waals surface area contributed by atoms with E-state index in [1.54, 1.807) is 11.4 Å². The number of hydrogen-bond acceptors (Lipinski definition) is 6. The summed E-state index contributed by atoms with van der Waals surface area (Å²) in [5.74, 6) is -0.917. The Morgan fingerprint density at radius 3 is 2.68 bits per heavy atom. The van der Waals surface area contributed by atoms with Crippen LogP contribution in [0, 0.1) is 0 Å². The molecule has 0 aliphatic rings. The van der Waals surface area contributed by atoms with Crippen molar-refractivity contribution in [1.82, 2.24) is 10.3 Å². The molecule has 2 heterocycles. The lowest BCUT2D eigenvalue weighted by molar-refractivity contribution is -0.143. The molecule has 0 atom stereocenters. The van der Waals surface area contributed by atoms with E-state index in [4.69, 9.17) is 16.3 Å². The molecular formula is C17H13ClN2O3S2. The van der Waals surface area contributed by atoms with Gasteiger partial charge in [-0.3, -0.25) is 9.59 Å². The predicted octanol–water partition coefficient (Wildman–Crippen LogP) is 4.00. The van der Waals surface area contributed by atoms with Gasteiger partial charge in [-0.2, -0.15) is 0 Å². The minimum atomic E-state index is -0.502. The summed E-state index contributed by atoms with van der Waals surface area (Å²) in [5, 5.41) is 4.88. The molecule has 8 heteroatoms. The van der Waals surface area contributed by atoms with Gasteiger partial charge in [0.15, 0.2) is 0 Å². The van der Waals surface area contributed by atoms with E-state index in [1.165, 1.54) is 22.7 Å². The monoisotopic (exact) mass is 392 g/mol. The number of benzene rings is 1. The van der Waals surface area contributed by atoms with Crippen LogP contribution in [0.4, 0.5) is 0 Å². The zero-order valence-corrected chi connectivity index (χ0v) is 15.3. The summed E-state index contributed by atoms with van der Waals surface area (Å²) in [6.07, 6.45) is 0. The van der Waals surface area contributed by atoms with Crippen molar-refractivity contribution in [2.45, 2.75) is 6.61 Å². The maximum atomic E-state index is 12.1. The summed E-state index contributed by atoms with van der Waals surface area (Å²) >= 11 is 8.65. The van der Waals surface area contributed by atoms with E-state index >= 15 is 0 Å². The first-order valence-electron chi connectivity index (χ1n) is 7.31. The first-order valence-corrected chi connectivity index (χ1v) is 9.38. The average Bonchev–Trinajstić information content (AvgIpc) is 3.27. The molecule has 0 aliphatic heterocycles. The Morgan fingerprint density at radius 2 is 1.96 bits per heavy atom. The van der Waals surface area contributed by atoms with Crippen LogP contribution in [0.3, 0.4) is 0 Å². The predicted molar refractivity (Wildman–Crippen MR) is 99.0 cm³/mol. The Labute approximate surface area is 157 Å². The van der Waals surface area contributed by atoms with Crippen LogP contribution >= 0.6 is 34.3 Å². The third-order valence-corrected chi connectivity index (χ3v) is 5.40. The van der Waals surface area contributed by atoms with Gasteiger partial charge in [0.05, 0.1) is 9.21 Å². The van der Waals surface area contributed by atoms with Gasteiger partial charge in [-0.1, -0.05) is 41.9 Å². The van der Waals surface area contributed by atoms with Crippen LogP contribution in [0.15, 0.2) is 47.8 Å². The molecule has 2 aromatic heterocycles. The van der Waals surface area contributed by atoms with Gasteiger partial charge < -0.3 is 10.1 Å². The van der Waals surface area contributed by atoms with Crippen LogP contribution in [-0.2, 0) is 16.1 Å². The fraction of sp³-hybridized carbons (Fsp3) is 0.118. The second kappa shape index (κ2) is 8.24. The van der Waals surface area contributed by atoms with Gasteiger partial charge in [0.1, 0.15) is 23.9 Å². The molecule has 0 unspecified atom stereocenters. The van der Waals surface area contributed by atoms with Crippen molar-refractivity contribution < 1.29 is 14.3 Å². The molecule has 3 rings (SSSR count). The molecule has 0 radical (unpaired) electrons. The summed E-state index contributed by atoms with van der Waals surface area (Å²) < 4.78 is 5.77. The minimum Gasteiger partial charge on any atom is -0.460 e. The molecule has 0 aliphatic carbocycles. The number of nitrogens with zero attached hydrogens (tertiary/aromatic N) is 1. The summed E-state index contributed by atoms with van der Waals surface area (Å²) in [4.78, 5) is 29.0. The van der Waals surface area contributed by atoms with Crippen LogP contribution in [0.1, 0.15) is 16.1 Å². The highest BCUT2D eigenvalue weighted by atomic mass is 35.5. The number of nitrogens with one attached hydrogen (secondary N) is 1. The number of ether oxygens (including phenoxy) is 1. The quantitative estimate of drug-likeness (QED) is 0.644. The average molecular weight is 393 g/mol. The Balaban J connectivity index is 1.49. The van der Waals surface area contributed by atoms with E-state index in [2.05, 4.69) is 10.3 Å². The van der Waals surface area contributed by atoms with Gasteiger partial charge in [0, 0.05) is 5.38 Å². The Morgan fingerprint density at radius 1 is 1.16 bits per heavy atom. The molecule has 128 valence electrons. The smallest absolute Gasteiger partial charge is 0.325 e. The van der Waals surface area contributed by atoms with Crippen molar-refractivity contribution in [3.63, 3.8) is 0 Å². The lowest BCUT2D eigenvalue weighted by Gasteiger charge is -2.05. The normalized spacial score (nSPS) is 10.4. The van der Waals surface area contributed by atoms with Gasteiger partial charge in [0.25, 0.3) is 5.91 Å². The molecule has 5 nitrogen and oxygen atoms in total. The molecule has 1 N–H and O–H groups in total. The largest absolute Gasteiger partial charge is 0.460 e. The number of aromatic nitrogens is 1. The number of amides is 1. The van der Waals surface area contributed by atoms with Gasteiger partial charge in [-0.05, 0) is 17.7 Å². The molecule has 0 saturated carbocycles. The summed E-state index contributed by atoms with van der Waals surface area (Å²) in [6, 6.07) is 13.0. The van der Waals surface area contributed by atoms with E-state index in [0.29, 0.717) is 9.34 Å². The third-order valence-electron chi connectivity index (χ3n) is 3.16. The summed E-state index contributed by atoms with van der Waals surface area (Å²) in [5.41, 5.74) is 1.15. The number of hydrogen-bond donors (Lipinski definition) is 1. The molecule has 1 amide bonds. The van der Waals surface area contributed by atoms with E-state index in [1.807, 2.05) is 36.4 Å². The molecule has 0 saturated heterocycles. The van der Waals surface area contributed by atoms with Crippen LogP contribution in [0.25, 0.3) is 9.88 Å². The van der Waals surface area contributed by atoms with E-state index in [9.17, 15) is 9.59 Å². The highest BCUT2D eigenvalue weighted by Gasteiger charge is 2.14. The maximum absolute atomic E-state index is 12.1. The zero-order valence-electron chi connectivity index (χ0n) is 12.9. The van der Waals surface area contributed by atoms with Crippen LogP contribution in [0.2, 0.25) is 4.34 Å². The number of carbonyl (C=O) groups excluding carboxylic acids is 2. The summed E-state index contributed by atoms with van der Waals surface area (Å²) in [6.45, 7) is -0.0289. The van der Waals surface area contributed by atoms with E-state index < -0.39 is 11.9 Å². The highest BCUT2D eigenvalue weighted by Crippen LogP contribution is 2.32. The maximum Gasteiger partial charge on any atom is 0.325 e. The number of esters is 1. The number of thiazole rings is 1. The van der Waals surface area contributed by atoms with Gasteiger partial charge >= 0.3 is 5.97 Å². The topological polar surface area (TPSA) is 68.3 Å². The second-order valence-electron chi connectivity index (χ2n) is 4.97. The number of thiophene rings is 1. The first kappa shape index (κ1) is 17.6. The Kier molecular flexibility index (Phi) is 5.80. The van der Waals surface area contributed by atoms with Crippen molar-refractivity contribution in [3.8, 4) is 9.88 Å². The number of rotatable bonds is 6. The fourth-order valence-corrected chi connectivity index (χ4v) is 3.87. The van der Waals surface area contributed by atoms with Gasteiger partial charge in [-0.15, -0.1) is 22.7 Å². The molecule has 25 heavy (non-hydrogen) atoms. The van der Waals surface area contributed by atoms with Crippen LogP contribution < -0.4 is 5.32 Å². The SMILES string of the molecule is O=C(CNC(=O)c1csc(-c2ccc(Cl)s2)n1)OCc1ccccc1. The van der Waals surface area contributed by atoms with Crippen molar-refractivity contribution >= 4 is 46.2 Å². The molecule has 3 aromatic rings. The Hall–Kier alpha value is -2.22. The fourth-order valence-electron chi connectivity index (χ4n) is 1.95. The molecule has 0 spiro atoms. The number of halogens is 1. The molecular weight excluding hydrogens is 380 g/mol. The first-order chi connectivity index (χ1) is 12.1. The third kappa shape index (κ3) is 4.88. The van der Waals surface area contributed by atoms with Crippen molar-refractivity contribution in [2.75, 3.05) is 6.54 Å². The molecule has 0 fully saturated rings. The van der Waals surface area contributed by atoms with Crippen molar-refractivity contribution in [2.24, 2.45) is 0 Å². The highest BCUT2D eigenvalue weighted by molar-refractivity contribution is 7.23. The van der Waals surface area contributed by atoms with Crippen molar-refractivity contribution in [1.29, 1.82) is 0 Å². The lowest BCUT2D eigenvalue weighted by atomic mass is 10.2. The zero-order chi connectivity index (χ0) is 17.6. The van der Waals surface area contributed by atoms with Crippen LogP contribution in [0.5, 0.6) is 0 Å². The standard InChI is InChI=1S/C17H13ClN2O3S2/c18-14-7-6-13(25-14)17-20-12(10-24-17)16(22)19-8-15(21)23-9-11-4-2-1-3-5-11/h1-7,10H,8-9H2,(H,19,22). The van der Waals surface area contributed by atoms with Gasteiger partial charge in [-0.25, -0.2) is 4.98 Å². The lowest BCUT2D eigenvalue weighted by Crippen LogP contribution is -2.30. The number of carbonyl (C=O) groups is 2. The Bertz CT molecular complexity index is 877. The minimum absolute atomic E-state index is 0.176. The second-order valence-corrected chi connectivity index (χ2v) is 7.54. The molecule has 1 aromatic carbocycles. The van der Waals surface area contributed by atoms with Gasteiger partial charge in [0.2, 0.25) is 0 Å². The molecule has 0 bridgehead atoms. The summed E-state index contributed by atoms with van der Waals surface area (Å²) in [7, 11) is 0. The van der Waals surface area contributed by atoms with Crippen molar-refractivity contribution in [3.05, 3.63) is 63.4 Å². The van der Waals surface area contributed by atoms with Crippen LogP contribution in [-0.4, -0.2) is 23.4 Å². The van der Waals surface area contributed by atoms with E-state index in [-0.39, 0.29) is 18.8 Å². The van der Waals surface area contributed by atoms with E-state index in [0.717, 1.165) is 10.4 Å².